The standard InChI is InChI=1S/C30H50O4/c1-25(2)22(33)12-14-28(6)21-10-9-20-27(5)13-11-17(26(3,4)34)23(27)18(31)15-29(20,7)30(21,8)16-19(32)24(25)28/h17-18,20-24,31,33-34H,9-16H2,1-8H3/t17-,18+,20-,21-,22+,23-,24-,27-,28-,29-,30-/m1/s1. The number of ketones is 1. The van der Waals surface area contributed by atoms with Gasteiger partial charge in [0.05, 0.1) is 17.8 Å². The molecule has 4 nitrogen and oxygen atoms in total. The van der Waals surface area contributed by atoms with Gasteiger partial charge in [0, 0.05) is 17.8 Å². The zero-order valence-electron chi connectivity index (χ0n) is 22.9. The van der Waals surface area contributed by atoms with Crippen molar-refractivity contribution in [2.75, 3.05) is 0 Å². The number of Topliss-reactive ketones (excluding diaryl/α,β-unsaturated/α-hetero) is 1. The lowest BCUT2D eigenvalue weighted by atomic mass is 9.31. The van der Waals surface area contributed by atoms with Gasteiger partial charge in [0.1, 0.15) is 5.78 Å². The second-order valence-electron chi connectivity index (χ2n) is 15.6. The number of carbonyl (C=O) groups excluding carboxylic acids is 1. The highest BCUT2D eigenvalue weighted by molar-refractivity contribution is 5.85. The molecule has 0 amide bonds. The van der Waals surface area contributed by atoms with Gasteiger partial charge < -0.3 is 15.3 Å². The van der Waals surface area contributed by atoms with Gasteiger partial charge in [-0.2, -0.15) is 0 Å². The first-order chi connectivity index (χ1) is 15.4. The summed E-state index contributed by atoms with van der Waals surface area (Å²) in [5.74, 6) is 1.38. The number of hydrogen-bond donors (Lipinski definition) is 3. The van der Waals surface area contributed by atoms with Crippen molar-refractivity contribution in [2.45, 2.75) is 125 Å². The van der Waals surface area contributed by atoms with Gasteiger partial charge in [0.25, 0.3) is 0 Å². The van der Waals surface area contributed by atoms with Crippen LogP contribution in [0.5, 0.6) is 0 Å². The zero-order chi connectivity index (χ0) is 25.3. The minimum Gasteiger partial charge on any atom is -0.393 e. The van der Waals surface area contributed by atoms with Crippen molar-refractivity contribution in [3.05, 3.63) is 0 Å². The zero-order valence-corrected chi connectivity index (χ0v) is 22.9. The normalized spacial score (nSPS) is 56.8. The molecule has 11 atom stereocenters. The summed E-state index contributed by atoms with van der Waals surface area (Å²) in [4.78, 5) is 14.0. The van der Waals surface area contributed by atoms with Crippen molar-refractivity contribution >= 4 is 5.78 Å². The van der Waals surface area contributed by atoms with Gasteiger partial charge in [-0.15, -0.1) is 0 Å². The molecule has 34 heavy (non-hydrogen) atoms. The van der Waals surface area contributed by atoms with Crippen LogP contribution in [0.2, 0.25) is 0 Å². The molecule has 0 saturated heterocycles. The monoisotopic (exact) mass is 474 g/mol. The van der Waals surface area contributed by atoms with Crippen molar-refractivity contribution in [3.63, 3.8) is 0 Å². The first kappa shape index (κ1) is 25.2. The molecule has 5 saturated carbocycles. The summed E-state index contributed by atoms with van der Waals surface area (Å²) in [5, 5.41) is 33.6. The lowest BCUT2D eigenvalue weighted by Gasteiger charge is -2.73. The van der Waals surface area contributed by atoms with Gasteiger partial charge in [-0.1, -0.05) is 41.5 Å². The fourth-order valence-corrected chi connectivity index (χ4v) is 12.0. The summed E-state index contributed by atoms with van der Waals surface area (Å²) >= 11 is 0. The molecule has 0 heterocycles. The van der Waals surface area contributed by atoms with Crippen LogP contribution in [0.25, 0.3) is 0 Å². The molecule has 0 spiro atoms. The number of hydrogen-bond acceptors (Lipinski definition) is 4. The van der Waals surface area contributed by atoms with E-state index in [1.807, 2.05) is 13.8 Å². The van der Waals surface area contributed by atoms with Gasteiger partial charge in [-0.25, -0.2) is 0 Å². The highest BCUT2D eigenvalue weighted by Crippen LogP contribution is 2.77. The third kappa shape index (κ3) is 2.86. The molecule has 5 fully saturated rings. The molecule has 0 radical (unpaired) electrons. The number of aliphatic hydroxyl groups excluding tert-OH is 2. The first-order valence-corrected chi connectivity index (χ1v) is 14.1. The van der Waals surface area contributed by atoms with Crippen LogP contribution >= 0.6 is 0 Å². The van der Waals surface area contributed by atoms with Crippen molar-refractivity contribution in [1.29, 1.82) is 0 Å². The van der Waals surface area contributed by atoms with Crippen LogP contribution in [0.1, 0.15) is 107 Å². The maximum absolute atomic E-state index is 14.0. The highest BCUT2D eigenvalue weighted by atomic mass is 16.3. The Hall–Kier alpha value is -0.450. The highest BCUT2D eigenvalue weighted by Gasteiger charge is 2.74. The van der Waals surface area contributed by atoms with E-state index in [0.29, 0.717) is 24.0 Å². The average molecular weight is 475 g/mol. The number of carbonyl (C=O) groups is 1. The number of rotatable bonds is 1. The van der Waals surface area contributed by atoms with Gasteiger partial charge in [0.2, 0.25) is 0 Å². The molecule has 0 aliphatic heterocycles. The molecule has 0 bridgehead atoms. The Balaban J connectivity index is 1.58. The molecule has 0 unspecified atom stereocenters. The van der Waals surface area contributed by atoms with Crippen molar-refractivity contribution in [2.24, 2.45) is 56.7 Å². The van der Waals surface area contributed by atoms with E-state index in [2.05, 4.69) is 41.5 Å². The quantitative estimate of drug-likeness (QED) is 0.477. The van der Waals surface area contributed by atoms with Crippen LogP contribution in [0.3, 0.4) is 0 Å². The van der Waals surface area contributed by atoms with E-state index in [0.717, 1.165) is 44.9 Å². The molecule has 0 aromatic heterocycles. The van der Waals surface area contributed by atoms with Crippen LogP contribution in [0, 0.1) is 56.7 Å². The molecule has 5 rings (SSSR count). The first-order valence-electron chi connectivity index (χ1n) is 14.1. The van der Waals surface area contributed by atoms with Crippen LogP contribution in [-0.2, 0) is 4.79 Å². The van der Waals surface area contributed by atoms with Gasteiger partial charge in [-0.3, -0.25) is 4.79 Å². The van der Waals surface area contributed by atoms with Crippen molar-refractivity contribution < 1.29 is 20.1 Å². The van der Waals surface area contributed by atoms with Crippen LogP contribution in [0.15, 0.2) is 0 Å². The van der Waals surface area contributed by atoms with E-state index in [1.165, 1.54) is 0 Å². The lowest BCUT2D eigenvalue weighted by molar-refractivity contribution is -0.258. The predicted octanol–water partition coefficient (Wildman–Crippen LogP) is 5.37. The van der Waals surface area contributed by atoms with Gasteiger partial charge in [-0.05, 0) is 104 Å². The molecular weight excluding hydrogens is 424 g/mol. The molecular formula is C30H50O4. The minimum atomic E-state index is -0.783. The summed E-state index contributed by atoms with van der Waals surface area (Å²) in [6, 6.07) is 0. The maximum Gasteiger partial charge on any atom is 0.137 e. The van der Waals surface area contributed by atoms with Crippen molar-refractivity contribution in [3.8, 4) is 0 Å². The Bertz CT molecular complexity index is 874. The summed E-state index contributed by atoms with van der Waals surface area (Å²) in [7, 11) is 0. The number of aliphatic hydroxyl groups is 3. The molecule has 5 aliphatic carbocycles. The molecule has 5 aliphatic rings. The second-order valence-corrected chi connectivity index (χ2v) is 15.6. The molecule has 4 heteroatoms. The Morgan fingerprint density at radius 2 is 1.38 bits per heavy atom. The third-order valence-corrected chi connectivity index (χ3v) is 13.4. The Morgan fingerprint density at radius 3 is 1.97 bits per heavy atom. The van der Waals surface area contributed by atoms with Gasteiger partial charge in [0.15, 0.2) is 0 Å². The van der Waals surface area contributed by atoms with E-state index in [-0.39, 0.29) is 39.4 Å². The van der Waals surface area contributed by atoms with E-state index in [1.54, 1.807) is 0 Å². The SMILES string of the molecule is CC(C)(O)[C@@H]1CC[C@@]2(C)[C@H]1[C@@H](O)C[C@]1(C)[C@@H]2CC[C@@H]2[C@@]3(C)CC[C@H](O)C(C)(C)[C@H]3C(=O)C[C@]21C. The van der Waals surface area contributed by atoms with E-state index in [4.69, 9.17) is 0 Å². The van der Waals surface area contributed by atoms with Crippen LogP contribution < -0.4 is 0 Å². The Kier molecular flexibility index (Phi) is 5.26. The summed E-state index contributed by atoms with van der Waals surface area (Å²) in [5.41, 5.74) is -1.55. The minimum absolute atomic E-state index is 0.00606. The Morgan fingerprint density at radius 1 is 0.824 bits per heavy atom. The van der Waals surface area contributed by atoms with Crippen LogP contribution in [0.4, 0.5) is 0 Å². The molecule has 0 aromatic rings. The number of fused-ring (bicyclic) bond motifs is 7. The predicted molar refractivity (Wildman–Crippen MR) is 134 cm³/mol. The van der Waals surface area contributed by atoms with Crippen molar-refractivity contribution in [1.82, 2.24) is 0 Å². The summed E-state index contributed by atoms with van der Waals surface area (Å²) in [6.07, 6.45) is 6.44. The summed E-state index contributed by atoms with van der Waals surface area (Å²) in [6.45, 7) is 17.6. The fourth-order valence-electron chi connectivity index (χ4n) is 12.0. The topological polar surface area (TPSA) is 77.8 Å². The average Bonchev–Trinajstić information content (AvgIpc) is 3.05. The molecule has 3 N–H and O–H groups in total. The van der Waals surface area contributed by atoms with E-state index >= 15 is 0 Å². The summed E-state index contributed by atoms with van der Waals surface area (Å²) < 4.78 is 0. The molecule has 194 valence electrons. The third-order valence-electron chi connectivity index (χ3n) is 13.4. The van der Waals surface area contributed by atoms with E-state index < -0.39 is 23.2 Å². The Labute approximate surface area is 207 Å². The largest absolute Gasteiger partial charge is 0.393 e. The maximum atomic E-state index is 14.0. The van der Waals surface area contributed by atoms with Gasteiger partial charge >= 0.3 is 0 Å². The molecule has 0 aromatic carbocycles. The lowest BCUT2D eigenvalue weighted by Crippen LogP contribution is -2.70. The smallest absolute Gasteiger partial charge is 0.137 e. The fraction of sp³-hybridized carbons (Fsp3) is 0.967. The van der Waals surface area contributed by atoms with E-state index in [9.17, 15) is 20.1 Å². The second kappa shape index (κ2) is 7.10. The van der Waals surface area contributed by atoms with Crippen LogP contribution in [-0.4, -0.2) is 38.9 Å².